The van der Waals surface area contributed by atoms with Gasteiger partial charge in [0, 0.05) is 6.04 Å². The van der Waals surface area contributed by atoms with Crippen molar-refractivity contribution < 1.29 is 18.3 Å². The number of aliphatic carboxylic acids is 1. The highest BCUT2D eigenvalue weighted by Gasteiger charge is 2.28. The second-order valence-electron chi connectivity index (χ2n) is 4.28. The van der Waals surface area contributed by atoms with Gasteiger partial charge >= 0.3 is 5.97 Å². The van der Waals surface area contributed by atoms with Gasteiger partial charge in [0.1, 0.15) is 9.84 Å². The molecule has 1 aromatic heterocycles. The van der Waals surface area contributed by atoms with Crippen LogP contribution in [0, 0.1) is 0 Å². The zero-order chi connectivity index (χ0) is 14.0. The van der Waals surface area contributed by atoms with Crippen LogP contribution in [0.5, 0.6) is 0 Å². The SMILES string of the molecule is Nc1nnc(SCC(=O)O)n1C1CCS(=O)(=O)CC1. The summed E-state index contributed by atoms with van der Waals surface area (Å²) in [7, 11) is -2.95. The average molecular weight is 306 g/mol. The third-order valence-electron chi connectivity index (χ3n) is 2.90. The molecular formula is C9H14N4O4S2. The standard InChI is InChI=1S/C9H14N4O4S2/c10-8-11-12-9(18-5-7(14)15)13(8)6-1-3-19(16,17)4-2-6/h6H,1-5H2,(H2,10,11)(H,14,15). The molecule has 1 aliphatic heterocycles. The van der Waals surface area contributed by atoms with E-state index in [0.29, 0.717) is 18.0 Å². The number of nitrogens with two attached hydrogens (primary N) is 1. The van der Waals surface area contributed by atoms with Crippen LogP contribution in [-0.4, -0.2) is 51.5 Å². The van der Waals surface area contributed by atoms with Gasteiger partial charge in [0.25, 0.3) is 0 Å². The number of hydrogen-bond acceptors (Lipinski definition) is 7. The van der Waals surface area contributed by atoms with E-state index in [4.69, 9.17) is 10.8 Å². The van der Waals surface area contributed by atoms with Gasteiger partial charge in [-0.1, -0.05) is 11.8 Å². The number of aromatic nitrogens is 3. The highest BCUT2D eigenvalue weighted by Crippen LogP contribution is 2.30. The van der Waals surface area contributed by atoms with Gasteiger partial charge in [-0.25, -0.2) is 8.42 Å². The fraction of sp³-hybridized carbons (Fsp3) is 0.667. The van der Waals surface area contributed by atoms with E-state index < -0.39 is 15.8 Å². The van der Waals surface area contributed by atoms with Crippen LogP contribution in [0.3, 0.4) is 0 Å². The highest BCUT2D eigenvalue weighted by atomic mass is 32.2. The summed E-state index contributed by atoms with van der Waals surface area (Å²) < 4.78 is 24.4. The lowest BCUT2D eigenvalue weighted by Gasteiger charge is -2.24. The number of anilines is 1. The Balaban J connectivity index is 2.15. The van der Waals surface area contributed by atoms with Crippen LogP contribution < -0.4 is 5.73 Å². The molecule has 0 amide bonds. The van der Waals surface area contributed by atoms with E-state index in [0.717, 1.165) is 11.8 Å². The molecule has 8 nitrogen and oxygen atoms in total. The Hall–Kier alpha value is -1.29. The van der Waals surface area contributed by atoms with Crippen LogP contribution in [0.2, 0.25) is 0 Å². The van der Waals surface area contributed by atoms with Crippen LogP contribution in [0.1, 0.15) is 18.9 Å². The number of thioether (sulfide) groups is 1. The molecule has 1 saturated heterocycles. The number of rotatable bonds is 4. The summed E-state index contributed by atoms with van der Waals surface area (Å²) in [6, 6.07) is -0.0881. The van der Waals surface area contributed by atoms with Crippen LogP contribution in [-0.2, 0) is 14.6 Å². The van der Waals surface area contributed by atoms with E-state index in [2.05, 4.69) is 10.2 Å². The second-order valence-corrected chi connectivity index (χ2v) is 7.52. The Morgan fingerprint density at radius 1 is 1.42 bits per heavy atom. The van der Waals surface area contributed by atoms with Crippen LogP contribution in [0.4, 0.5) is 5.95 Å². The molecule has 19 heavy (non-hydrogen) atoms. The van der Waals surface area contributed by atoms with Crippen molar-refractivity contribution in [3.8, 4) is 0 Å². The van der Waals surface area contributed by atoms with Gasteiger partial charge in [0.15, 0.2) is 5.16 Å². The fourth-order valence-corrected chi connectivity index (χ4v) is 4.19. The summed E-state index contributed by atoms with van der Waals surface area (Å²) in [5.41, 5.74) is 5.73. The first-order valence-electron chi connectivity index (χ1n) is 5.64. The Morgan fingerprint density at radius 2 is 2.05 bits per heavy atom. The first-order valence-corrected chi connectivity index (χ1v) is 8.45. The zero-order valence-electron chi connectivity index (χ0n) is 10.0. The van der Waals surface area contributed by atoms with Gasteiger partial charge < -0.3 is 10.8 Å². The number of carbonyl (C=O) groups is 1. The molecule has 10 heteroatoms. The van der Waals surface area contributed by atoms with E-state index in [9.17, 15) is 13.2 Å². The summed E-state index contributed by atoms with van der Waals surface area (Å²) >= 11 is 1.03. The Bertz CT molecular complexity index is 569. The normalized spacial score (nSPS) is 19.4. The lowest BCUT2D eigenvalue weighted by molar-refractivity contribution is -0.133. The molecule has 0 aromatic carbocycles. The molecule has 2 heterocycles. The van der Waals surface area contributed by atoms with Crippen LogP contribution in [0.25, 0.3) is 0 Å². The van der Waals surface area contributed by atoms with Crippen molar-refractivity contribution in [2.45, 2.75) is 24.0 Å². The lowest BCUT2D eigenvalue weighted by Crippen LogP contribution is -2.26. The first kappa shape index (κ1) is 14.1. The Morgan fingerprint density at radius 3 is 2.63 bits per heavy atom. The number of sulfone groups is 1. The monoisotopic (exact) mass is 306 g/mol. The van der Waals surface area contributed by atoms with Crippen molar-refractivity contribution >= 4 is 33.5 Å². The largest absolute Gasteiger partial charge is 0.481 e. The number of nitrogen functional groups attached to an aromatic ring is 1. The van der Waals surface area contributed by atoms with Crippen LogP contribution in [0.15, 0.2) is 5.16 Å². The van der Waals surface area contributed by atoms with E-state index in [-0.39, 0.29) is 29.2 Å². The Kier molecular flexibility index (Phi) is 3.99. The van der Waals surface area contributed by atoms with E-state index >= 15 is 0 Å². The molecule has 2 rings (SSSR count). The minimum atomic E-state index is -2.95. The molecule has 0 atom stereocenters. The molecule has 0 saturated carbocycles. The summed E-state index contributed by atoms with van der Waals surface area (Å²) in [5, 5.41) is 16.7. The summed E-state index contributed by atoms with van der Waals surface area (Å²) in [6.45, 7) is 0. The van der Waals surface area contributed by atoms with Gasteiger partial charge in [-0.05, 0) is 12.8 Å². The lowest BCUT2D eigenvalue weighted by atomic mass is 10.1. The number of carboxylic acids is 1. The molecule has 3 N–H and O–H groups in total. The van der Waals surface area contributed by atoms with Gasteiger partial charge in [-0.2, -0.15) is 0 Å². The van der Waals surface area contributed by atoms with E-state index in [1.807, 2.05) is 0 Å². The first-order chi connectivity index (χ1) is 8.89. The van der Waals surface area contributed by atoms with Crippen molar-refractivity contribution in [3.63, 3.8) is 0 Å². The van der Waals surface area contributed by atoms with E-state index in [1.165, 1.54) is 0 Å². The number of nitrogens with zero attached hydrogens (tertiary/aromatic N) is 3. The third kappa shape index (κ3) is 3.38. The van der Waals surface area contributed by atoms with Crippen molar-refractivity contribution in [3.05, 3.63) is 0 Å². The van der Waals surface area contributed by atoms with Gasteiger partial charge in [-0.3, -0.25) is 9.36 Å². The molecule has 0 aliphatic carbocycles. The molecule has 0 unspecified atom stereocenters. The molecule has 0 bridgehead atoms. The maximum atomic E-state index is 11.4. The molecule has 106 valence electrons. The molecule has 0 radical (unpaired) electrons. The van der Waals surface area contributed by atoms with Gasteiger partial charge in [0.05, 0.1) is 17.3 Å². The maximum absolute atomic E-state index is 11.4. The molecular weight excluding hydrogens is 292 g/mol. The number of hydrogen-bond donors (Lipinski definition) is 2. The van der Waals surface area contributed by atoms with Crippen molar-refractivity contribution in [1.29, 1.82) is 0 Å². The van der Waals surface area contributed by atoms with E-state index in [1.54, 1.807) is 4.57 Å². The fourth-order valence-electron chi connectivity index (χ4n) is 1.99. The molecule has 0 spiro atoms. The van der Waals surface area contributed by atoms with Crippen LogP contribution >= 0.6 is 11.8 Å². The summed E-state index contributed by atoms with van der Waals surface area (Å²) in [6.07, 6.45) is 0.899. The second kappa shape index (κ2) is 5.37. The summed E-state index contributed by atoms with van der Waals surface area (Å²) in [5.74, 6) is -0.679. The smallest absolute Gasteiger partial charge is 0.313 e. The topological polar surface area (TPSA) is 128 Å². The Labute approximate surface area is 114 Å². The highest BCUT2D eigenvalue weighted by molar-refractivity contribution is 7.99. The average Bonchev–Trinajstić information content (AvgIpc) is 2.68. The maximum Gasteiger partial charge on any atom is 0.313 e. The van der Waals surface area contributed by atoms with Crippen molar-refractivity contribution in [2.75, 3.05) is 23.0 Å². The molecule has 1 aliphatic rings. The molecule has 1 fully saturated rings. The predicted molar refractivity (Wildman–Crippen MR) is 69.7 cm³/mol. The third-order valence-corrected chi connectivity index (χ3v) is 5.55. The predicted octanol–water partition coefficient (Wildman–Crippen LogP) is -0.213. The minimum absolute atomic E-state index is 0.0881. The van der Waals surface area contributed by atoms with Crippen molar-refractivity contribution in [1.82, 2.24) is 14.8 Å². The van der Waals surface area contributed by atoms with Gasteiger partial charge in [-0.15, -0.1) is 10.2 Å². The summed E-state index contributed by atoms with van der Waals surface area (Å²) in [4.78, 5) is 10.6. The quantitative estimate of drug-likeness (QED) is 0.731. The van der Waals surface area contributed by atoms with Crippen molar-refractivity contribution in [2.24, 2.45) is 0 Å². The van der Waals surface area contributed by atoms with Gasteiger partial charge in [0.2, 0.25) is 5.95 Å². The minimum Gasteiger partial charge on any atom is -0.481 e. The number of carboxylic acid groups (broad SMARTS) is 1. The zero-order valence-corrected chi connectivity index (χ0v) is 11.7. The molecule has 1 aromatic rings.